The van der Waals surface area contributed by atoms with Crippen molar-refractivity contribution in [1.82, 2.24) is 9.97 Å². The second kappa shape index (κ2) is 13.7. The van der Waals surface area contributed by atoms with Gasteiger partial charge in [-0.25, -0.2) is 9.97 Å². The summed E-state index contributed by atoms with van der Waals surface area (Å²) in [6.07, 6.45) is 0. The summed E-state index contributed by atoms with van der Waals surface area (Å²) in [5, 5.41) is 5.96. The minimum atomic E-state index is -0.594. The van der Waals surface area contributed by atoms with Crippen molar-refractivity contribution in [1.29, 1.82) is 0 Å². The summed E-state index contributed by atoms with van der Waals surface area (Å²) < 4.78 is 9.07. The van der Waals surface area contributed by atoms with Crippen molar-refractivity contribution in [3.05, 3.63) is 240 Å². The third kappa shape index (κ3) is 4.92. The van der Waals surface area contributed by atoms with Gasteiger partial charge in [0.1, 0.15) is 11.5 Å². The van der Waals surface area contributed by atoms with E-state index in [9.17, 15) is 0 Å². The highest BCUT2D eigenvalue weighted by atomic mass is 32.1. The Bertz CT molecular complexity index is 4130. The van der Waals surface area contributed by atoms with Crippen molar-refractivity contribution in [3.8, 4) is 67.5 Å². The highest BCUT2D eigenvalue weighted by Crippen LogP contribution is 2.65. The molecule has 10 aromatic carbocycles. The predicted molar refractivity (Wildman–Crippen MR) is 281 cm³/mol. The van der Waals surface area contributed by atoms with E-state index in [2.05, 4.69) is 220 Å². The molecule has 0 radical (unpaired) electrons. The number of hydrogen-bond donors (Lipinski definition) is 0. The minimum absolute atomic E-state index is 0.242. The lowest BCUT2D eigenvalue weighted by Gasteiger charge is -2.39. The highest BCUT2D eigenvalue weighted by molar-refractivity contribution is 7.26. The van der Waals surface area contributed by atoms with Gasteiger partial charge in [-0.1, -0.05) is 196 Å². The molecule has 2 aliphatic carbocycles. The van der Waals surface area contributed by atoms with Crippen molar-refractivity contribution in [2.75, 3.05) is 0 Å². The third-order valence-electron chi connectivity index (χ3n) is 15.4. The van der Waals surface area contributed by atoms with Crippen LogP contribution in [0.3, 0.4) is 0 Å². The van der Waals surface area contributed by atoms with Gasteiger partial charge in [0.05, 0.1) is 21.3 Å². The number of nitrogens with zero attached hydrogens (tertiary/aromatic N) is 2. The zero-order valence-corrected chi connectivity index (χ0v) is 38.2. The van der Waals surface area contributed by atoms with Crippen molar-refractivity contribution in [2.24, 2.45) is 0 Å². The van der Waals surface area contributed by atoms with Gasteiger partial charge in [0.15, 0.2) is 5.82 Å². The summed E-state index contributed by atoms with van der Waals surface area (Å²) in [6.45, 7) is 4.77. The molecule has 1 aliphatic heterocycles. The molecule has 4 heteroatoms. The van der Waals surface area contributed by atoms with E-state index >= 15 is 0 Å². The van der Waals surface area contributed by atoms with E-state index in [1.807, 2.05) is 0 Å². The quantitative estimate of drug-likeness (QED) is 0.177. The van der Waals surface area contributed by atoms with Gasteiger partial charge >= 0.3 is 0 Å². The summed E-state index contributed by atoms with van der Waals surface area (Å²) >= 11 is 1.78. The van der Waals surface area contributed by atoms with E-state index in [0.717, 1.165) is 55.1 Å². The fourth-order valence-corrected chi connectivity index (χ4v) is 13.6. The largest absolute Gasteiger partial charge is 0.457 e. The van der Waals surface area contributed by atoms with Gasteiger partial charge in [0, 0.05) is 37.8 Å². The van der Waals surface area contributed by atoms with Gasteiger partial charge in [-0.2, -0.15) is 0 Å². The van der Waals surface area contributed by atoms with Crippen molar-refractivity contribution in [3.63, 3.8) is 0 Å². The van der Waals surface area contributed by atoms with Crippen LogP contribution < -0.4 is 4.74 Å². The molecule has 0 amide bonds. The summed E-state index contributed by atoms with van der Waals surface area (Å²) in [5.41, 5.74) is 18.4. The fourth-order valence-electron chi connectivity index (χ4n) is 12.4. The lowest BCUT2D eigenvalue weighted by Crippen LogP contribution is -2.32. The maximum absolute atomic E-state index is 6.75. The van der Waals surface area contributed by atoms with Crippen LogP contribution in [-0.2, 0) is 10.8 Å². The van der Waals surface area contributed by atoms with Crippen LogP contribution in [0, 0.1) is 0 Å². The molecule has 15 rings (SSSR count). The number of hydrogen-bond acceptors (Lipinski definition) is 4. The summed E-state index contributed by atoms with van der Waals surface area (Å²) in [5.74, 6) is 2.53. The molecule has 1 spiro atoms. The topological polar surface area (TPSA) is 35.0 Å². The SMILES string of the molecule is CC1(C)c2ccc(-c3nc(-c4cccc5ccccc45)nc4c3sc3ccccc34)cc2-c2c(-c3cccc4c3-c3c(ccc5ccccc35)C43c4ccccc4Oc4ccccc43)cccc21. The molecule has 12 aromatic rings. The average molecular weight is 885 g/mol. The first kappa shape index (κ1) is 38.0. The van der Waals surface area contributed by atoms with E-state index in [4.69, 9.17) is 14.7 Å². The Kier molecular flexibility index (Phi) is 7.65. The molecule has 0 saturated heterocycles. The molecule has 318 valence electrons. The second-order valence-corrected chi connectivity index (χ2v) is 20.1. The van der Waals surface area contributed by atoms with Gasteiger partial charge in [-0.15, -0.1) is 11.3 Å². The number of fused-ring (bicyclic) bond motifs is 18. The molecule has 0 saturated carbocycles. The Labute approximate surface area is 397 Å². The van der Waals surface area contributed by atoms with E-state index in [1.165, 1.54) is 87.6 Å². The van der Waals surface area contributed by atoms with Crippen molar-refractivity contribution in [2.45, 2.75) is 24.7 Å². The van der Waals surface area contributed by atoms with E-state index < -0.39 is 5.41 Å². The molecular formula is C64H40N2OS. The normalized spacial score (nSPS) is 14.4. The predicted octanol–water partition coefficient (Wildman–Crippen LogP) is 16.9. The van der Waals surface area contributed by atoms with E-state index in [0.29, 0.717) is 0 Å². The second-order valence-electron chi connectivity index (χ2n) is 19.1. The first-order valence-electron chi connectivity index (χ1n) is 23.5. The first-order chi connectivity index (χ1) is 33.5. The van der Waals surface area contributed by atoms with Gasteiger partial charge in [0.25, 0.3) is 0 Å². The standard InChI is InChI=1S/C64H40N2OS/c1-63(2)47-34-33-39(59-61-60(45-21-7-12-31-55(45)68-61)66-62(65-59)44-24-13-18-37-16-3-5-19-40(37)44)36-46(47)56-42(22-14-27-50(56)63)43-23-15-28-51-58(43)57-41-20-6-4-17-38(41)32-35-52(57)64(51)48-25-8-10-29-53(48)67-54-30-11-9-26-49(54)64/h3-36H,1-2H3. The molecule has 0 unspecified atom stereocenters. The summed E-state index contributed by atoms with van der Waals surface area (Å²) in [4.78, 5) is 10.9. The van der Waals surface area contributed by atoms with Gasteiger partial charge < -0.3 is 4.74 Å². The summed E-state index contributed by atoms with van der Waals surface area (Å²) in [7, 11) is 0. The van der Waals surface area contributed by atoms with Crippen LogP contribution in [0.15, 0.2) is 206 Å². The molecule has 0 fully saturated rings. The van der Waals surface area contributed by atoms with Crippen LogP contribution in [0.1, 0.15) is 47.2 Å². The maximum atomic E-state index is 6.75. The minimum Gasteiger partial charge on any atom is -0.457 e. The van der Waals surface area contributed by atoms with Gasteiger partial charge in [-0.05, 0) is 101 Å². The Morgan fingerprint density at radius 2 is 0.985 bits per heavy atom. The number of benzene rings is 10. The Morgan fingerprint density at radius 3 is 1.78 bits per heavy atom. The highest BCUT2D eigenvalue weighted by Gasteiger charge is 2.52. The smallest absolute Gasteiger partial charge is 0.161 e. The van der Waals surface area contributed by atoms with Crippen molar-refractivity contribution >= 4 is 53.2 Å². The molecule has 3 aliphatic rings. The Morgan fingerprint density at radius 1 is 0.412 bits per heavy atom. The number of para-hydroxylation sites is 2. The number of thiophene rings is 1. The molecule has 0 atom stereocenters. The first-order valence-corrected chi connectivity index (χ1v) is 24.3. The zero-order chi connectivity index (χ0) is 44.9. The Hall–Kier alpha value is -8.18. The monoisotopic (exact) mass is 884 g/mol. The summed E-state index contributed by atoms with van der Waals surface area (Å²) in [6, 6.07) is 75.7. The van der Waals surface area contributed by atoms with Gasteiger partial charge in [-0.3, -0.25) is 0 Å². The van der Waals surface area contributed by atoms with Crippen LogP contribution in [0.4, 0.5) is 0 Å². The molecular weight excluding hydrogens is 845 g/mol. The average Bonchev–Trinajstić information content (AvgIpc) is 4.00. The third-order valence-corrected chi connectivity index (χ3v) is 16.5. The maximum Gasteiger partial charge on any atom is 0.161 e. The number of aromatic nitrogens is 2. The van der Waals surface area contributed by atoms with E-state index in [1.54, 1.807) is 11.3 Å². The fraction of sp³-hybridized carbons (Fsp3) is 0.0625. The van der Waals surface area contributed by atoms with Crippen LogP contribution in [0.2, 0.25) is 0 Å². The van der Waals surface area contributed by atoms with Crippen LogP contribution in [0.5, 0.6) is 11.5 Å². The molecule has 3 heterocycles. The lowest BCUT2D eigenvalue weighted by molar-refractivity contribution is 0.436. The van der Waals surface area contributed by atoms with Crippen LogP contribution >= 0.6 is 11.3 Å². The molecule has 0 N–H and O–H groups in total. The lowest BCUT2D eigenvalue weighted by atomic mass is 9.66. The van der Waals surface area contributed by atoms with E-state index in [-0.39, 0.29) is 5.41 Å². The van der Waals surface area contributed by atoms with Crippen molar-refractivity contribution < 1.29 is 4.74 Å². The molecule has 0 bridgehead atoms. The molecule has 3 nitrogen and oxygen atoms in total. The molecule has 68 heavy (non-hydrogen) atoms. The van der Waals surface area contributed by atoms with Gasteiger partial charge in [0.2, 0.25) is 0 Å². The molecule has 2 aromatic heterocycles. The van der Waals surface area contributed by atoms with Crippen LogP contribution in [-0.4, -0.2) is 9.97 Å². The van der Waals surface area contributed by atoms with Crippen LogP contribution in [0.25, 0.3) is 97.9 Å². The number of ether oxygens (including phenoxy) is 1. The number of rotatable bonds is 3. The Balaban J connectivity index is 1.01. The zero-order valence-electron chi connectivity index (χ0n) is 37.3.